The molecule has 2 aromatic heterocycles. The van der Waals surface area contributed by atoms with Gasteiger partial charge in [0.05, 0.1) is 16.2 Å². The summed E-state index contributed by atoms with van der Waals surface area (Å²) in [7, 11) is 0. The number of amides is 1. The van der Waals surface area contributed by atoms with Gasteiger partial charge in [0.15, 0.2) is 0 Å². The number of pyridine rings is 1. The van der Waals surface area contributed by atoms with Crippen molar-refractivity contribution in [2.75, 3.05) is 11.9 Å². The van der Waals surface area contributed by atoms with Gasteiger partial charge in [0.2, 0.25) is 5.88 Å². The predicted octanol–water partition coefficient (Wildman–Crippen LogP) is 4.75. The quantitative estimate of drug-likeness (QED) is 0.319. The van der Waals surface area contributed by atoms with Crippen molar-refractivity contribution in [1.29, 1.82) is 0 Å². The van der Waals surface area contributed by atoms with Crippen LogP contribution in [0.15, 0.2) is 66.7 Å². The first-order valence-electron chi connectivity index (χ1n) is 10.7. The molecular weight excluding hydrogens is 434 g/mol. The number of nitro groups is 1. The second-order valence-corrected chi connectivity index (χ2v) is 7.94. The lowest BCUT2D eigenvalue weighted by molar-refractivity contribution is -0.384. The standard InChI is InChI=1S/C25H21N5O4/c1-15-3-2-4-20(28-15)34-19-11-7-16(8-12-19)21-22(24(26)31)25-27-13-14-29(25)23(21)17-5-9-18(10-6-17)30(32)33/h2-12,27H,13-14H2,1H3,(H2,26,31). The van der Waals surface area contributed by atoms with Crippen molar-refractivity contribution < 1.29 is 14.5 Å². The molecule has 1 aliphatic rings. The van der Waals surface area contributed by atoms with Crippen LogP contribution in [0.5, 0.6) is 11.6 Å². The molecule has 34 heavy (non-hydrogen) atoms. The minimum absolute atomic E-state index is 0.00184. The highest BCUT2D eigenvalue weighted by Crippen LogP contribution is 2.44. The molecule has 0 aliphatic carbocycles. The monoisotopic (exact) mass is 455 g/mol. The van der Waals surface area contributed by atoms with Crippen LogP contribution in [0.25, 0.3) is 22.4 Å². The van der Waals surface area contributed by atoms with E-state index >= 15 is 0 Å². The highest BCUT2D eigenvalue weighted by atomic mass is 16.6. The molecule has 5 rings (SSSR count). The number of nitro benzene ring substituents is 1. The Morgan fingerprint density at radius 3 is 2.44 bits per heavy atom. The number of nitrogens with two attached hydrogens (primary N) is 1. The average molecular weight is 455 g/mol. The number of non-ortho nitro benzene ring substituents is 1. The van der Waals surface area contributed by atoms with Crippen molar-refractivity contribution >= 4 is 17.4 Å². The third-order valence-electron chi connectivity index (χ3n) is 5.72. The van der Waals surface area contributed by atoms with E-state index in [4.69, 9.17) is 10.5 Å². The van der Waals surface area contributed by atoms with E-state index in [1.54, 1.807) is 30.3 Å². The summed E-state index contributed by atoms with van der Waals surface area (Å²) in [6.45, 7) is 3.19. The molecule has 9 nitrogen and oxygen atoms in total. The molecule has 0 spiro atoms. The van der Waals surface area contributed by atoms with Gasteiger partial charge in [-0.3, -0.25) is 14.9 Å². The molecule has 0 saturated carbocycles. The summed E-state index contributed by atoms with van der Waals surface area (Å²) >= 11 is 0. The summed E-state index contributed by atoms with van der Waals surface area (Å²) in [5.41, 5.74) is 10.0. The SMILES string of the molecule is Cc1cccc(Oc2ccc(-c3c(C(N)=O)c4n(c3-c3ccc([N+](=O)[O-])cc3)CCN4)cc2)n1. The zero-order valence-electron chi connectivity index (χ0n) is 18.3. The largest absolute Gasteiger partial charge is 0.439 e. The fourth-order valence-electron chi connectivity index (χ4n) is 4.26. The van der Waals surface area contributed by atoms with E-state index < -0.39 is 10.8 Å². The first-order chi connectivity index (χ1) is 16.4. The van der Waals surface area contributed by atoms with Crippen molar-refractivity contribution in [2.45, 2.75) is 13.5 Å². The van der Waals surface area contributed by atoms with Gasteiger partial charge in [0.1, 0.15) is 11.6 Å². The van der Waals surface area contributed by atoms with Crippen LogP contribution in [0, 0.1) is 17.0 Å². The summed E-state index contributed by atoms with van der Waals surface area (Å²) in [6, 6.07) is 19.2. The van der Waals surface area contributed by atoms with Gasteiger partial charge in [0.25, 0.3) is 11.6 Å². The van der Waals surface area contributed by atoms with Crippen molar-refractivity contribution in [3.63, 3.8) is 0 Å². The van der Waals surface area contributed by atoms with E-state index in [9.17, 15) is 14.9 Å². The lowest BCUT2D eigenvalue weighted by Crippen LogP contribution is -2.13. The summed E-state index contributed by atoms with van der Waals surface area (Å²) in [6.07, 6.45) is 0. The second-order valence-electron chi connectivity index (χ2n) is 7.94. The first-order valence-corrected chi connectivity index (χ1v) is 10.7. The van der Waals surface area contributed by atoms with E-state index in [1.165, 1.54) is 12.1 Å². The zero-order chi connectivity index (χ0) is 23.8. The Kier molecular flexibility index (Phi) is 5.21. The smallest absolute Gasteiger partial charge is 0.269 e. The number of rotatable bonds is 6. The van der Waals surface area contributed by atoms with E-state index in [0.29, 0.717) is 41.7 Å². The van der Waals surface area contributed by atoms with Crippen LogP contribution < -0.4 is 15.8 Å². The first kappa shape index (κ1) is 21.2. The summed E-state index contributed by atoms with van der Waals surface area (Å²) in [5, 5.41) is 14.4. The van der Waals surface area contributed by atoms with Crippen LogP contribution in [-0.2, 0) is 6.54 Å². The molecule has 4 aromatic rings. The van der Waals surface area contributed by atoms with Crippen molar-refractivity contribution in [1.82, 2.24) is 9.55 Å². The Hall–Kier alpha value is -4.66. The number of aryl methyl sites for hydroxylation is 1. The van der Waals surface area contributed by atoms with Gasteiger partial charge in [-0.05, 0) is 48.4 Å². The Bertz CT molecular complexity index is 1410. The van der Waals surface area contributed by atoms with E-state index in [2.05, 4.69) is 10.3 Å². The maximum atomic E-state index is 12.5. The number of carbonyl (C=O) groups is 1. The number of ether oxygens (including phenoxy) is 1. The number of primary amides is 1. The van der Waals surface area contributed by atoms with Gasteiger partial charge in [-0.1, -0.05) is 18.2 Å². The number of fused-ring (bicyclic) bond motifs is 1. The van der Waals surface area contributed by atoms with Crippen LogP contribution in [0.1, 0.15) is 16.1 Å². The van der Waals surface area contributed by atoms with Crippen LogP contribution in [-0.4, -0.2) is 26.9 Å². The van der Waals surface area contributed by atoms with E-state index in [-0.39, 0.29) is 5.69 Å². The lowest BCUT2D eigenvalue weighted by Gasteiger charge is -2.11. The zero-order valence-corrected chi connectivity index (χ0v) is 18.3. The van der Waals surface area contributed by atoms with E-state index in [0.717, 1.165) is 22.5 Å². The van der Waals surface area contributed by atoms with Crippen LogP contribution in [0.4, 0.5) is 11.5 Å². The van der Waals surface area contributed by atoms with Gasteiger partial charge < -0.3 is 20.4 Å². The van der Waals surface area contributed by atoms with Gasteiger partial charge in [-0.15, -0.1) is 0 Å². The number of nitrogens with zero attached hydrogens (tertiary/aromatic N) is 3. The summed E-state index contributed by atoms with van der Waals surface area (Å²) < 4.78 is 7.85. The number of anilines is 1. The fraction of sp³-hybridized carbons (Fsp3) is 0.120. The Labute approximate surface area is 195 Å². The third kappa shape index (κ3) is 3.73. The highest BCUT2D eigenvalue weighted by molar-refractivity contribution is 6.09. The minimum Gasteiger partial charge on any atom is -0.439 e. The predicted molar refractivity (Wildman–Crippen MR) is 128 cm³/mol. The third-order valence-corrected chi connectivity index (χ3v) is 5.72. The highest BCUT2D eigenvalue weighted by Gasteiger charge is 2.30. The summed E-state index contributed by atoms with van der Waals surface area (Å²) in [4.78, 5) is 27.6. The second kappa shape index (κ2) is 8.36. The molecule has 1 aliphatic heterocycles. The van der Waals surface area contributed by atoms with Crippen LogP contribution >= 0.6 is 0 Å². The van der Waals surface area contributed by atoms with Crippen molar-refractivity contribution in [2.24, 2.45) is 5.73 Å². The fourth-order valence-corrected chi connectivity index (χ4v) is 4.26. The topological polar surface area (TPSA) is 125 Å². The number of hydrogen-bond donors (Lipinski definition) is 2. The Morgan fingerprint density at radius 2 is 1.79 bits per heavy atom. The van der Waals surface area contributed by atoms with Crippen LogP contribution in [0.3, 0.4) is 0 Å². The molecule has 0 unspecified atom stereocenters. The summed E-state index contributed by atoms with van der Waals surface area (Å²) in [5.74, 6) is 1.19. The number of nitrogens with one attached hydrogen (secondary N) is 1. The minimum atomic E-state index is -0.550. The molecule has 3 N–H and O–H groups in total. The van der Waals surface area contributed by atoms with Crippen molar-refractivity contribution in [3.05, 3.63) is 88.1 Å². The van der Waals surface area contributed by atoms with Crippen LogP contribution in [0.2, 0.25) is 0 Å². The Morgan fingerprint density at radius 1 is 1.09 bits per heavy atom. The number of carbonyl (C=O) groups excluding carboxylic acids is 1. The van der Waals surface area contributed by atoms with Gasteiger partial charge in [0, 0.05) is 42.5 Å². The molecule has 0 saturated heterocycles. The normalized spacial score (nSPS) is 12.1. The molecule has 9 heteroatoms. The number of hydrogen-bond acceptors (Lipinski definition) is 6. The van der Waals surface area contributed by atoms with Crippen molar-refractivity contribution in [3.8, 4) is 34.0 Å². The molecule has 0 radical (unpaired) electrons. The Balaban J connectivity index is 1.60. The van der Waals surface area contributed by atoms with Gasteiger partial charge in [-0.2, -0.15) is 0 Å². The lowest BCUT2D eigenvalue weighted by atomic mass is 9.96. The molecule has 3 heterocycles. The molecule has 0 bridgehead atoms. The number of benzene rings is 2. The molecular formula is C25H21N5O4. The molecule has 170 valence electrons. The maximum Gasteiger partial charge on any atom is 0.269 e. The van der Waals surface area contributed by atoms with E-state index in [1.807, 2.05) is 35.8 Å². The maximum absolute atomic E-state index is 12.5. The molecule has 1 amide bonds. The van der Waals surface area contributed by atoms with Gasteiger partial charge in [-0.25, -0.2) is 4.98 Å². The van der Waals surface area contributed by atoms with Gasteiger partial charge >= 0.3 is 0 Å². The molecule has 2 aromatic carbocycles. The number of aromatic nitrogens is 2. The molecule has 0 atom stereocenters. The molecule has 0 fully saturated rings. The average Bonchev–Trinajstić information content (AvgIpc) is 3.40.